The van der Waals surface area contributed by atoms with Crippen LogP contribution in [-0.2, 0) is 4.79 Å². The molecule has 6 nitrogen and oxygen atoms in total. The first kappa shape index (κ1) is 16.1. The van der Waals surface area contributed by atoms with E-state index in [1.54, 1.807) is 6.20 Å². The summed E-state index contributed by atoms with van der Waals surface area (Å²) < 4.78 is 1.91. The van der Waals surface area contributed by atoms with Gasteiger partial charge in [0.2, 0.25) is 5.91 Å². The second-order valence-corrected chi connectivity index (χ2v) is 7.27. The fourth-order valence-electron chi connectivity index (χ4n) is 3.66. The van der Waals surface area contributed by atoms with E-state index in [0.717, 1.165) is 42.9 Å². The molecule has 0 bridgehead atoms. The fourth-order valence-corrected chi connectivity index (χ4v) is 3.66. The summed E-state index contributed by atoms with van der Waals surface area (Å²) in [5.74, 6) is 0.491. The predicted molar refractivity (Wildman–Crippen MR) is 96.8 cm³/mol. The molecule has 25 heavy (non-hydrogen) atoms. The SMILES string of the molecule is Cc1cnn(-c2ccncc2N2CCC(C(=O)N(C)C3CC3)CC2)c1. The van der Waals surface area contributed by atoms with E-state index < -0.39 is 0 Å². The molecular formula is C19H25N5O. The highest BCUT2D eigenvalue weighted by atomic mass is 16.2. The molecule has 0 atom stereocenters. The summed E-state index contributed by atoms with van der Waals surface area (Å²) in [7, 11) is 1.96. The van der Waals surface area contributed by atoms with Crippen molar-refractivity contribution in [3.63, 3.8) is 0 Å². The molecule has 1 amide bonds. The molecule has 2 aliphatic rings. The van der Waals surface area contributed by atoms with Gasteiger partial charge in [-0.15, -0.1) is 0 Å². The summed E-state index contributed by atoms with van der Waals surface area (Å²) in [5, 5.41) is 4.44. The molecule has 1 aliphatic carbocycles. The standard InChI is InChI=1S/C19H25N5O/c1-14-11-21-24(13-14)17-5-8-20-12-18(17)23-9-6-15(7-10-23)19(25)22(2)16-3-4-16/h5,8,11-13,15-16H,3-4,6-7,9-10H2,1-2H3. The lowest BCUT2D eigenvalue weighted by atomic mass is 9.95. The normalized spacial score (nSPS) is 18.4. The van der Waals surface area contributed by atoms with E-state index in [1.165, 1.54) is 12.8 Å². The molecule has 0 N–H and O–H groups in total. The topological polar surface area (TPSA) is 54.3 Å². The Balaban J connectivity index is 1.47. The van der Waals surface area contributed by atoms with Gasteiger partial charge in [0.1, 0.15) is 0 Å². The maximum atomic E-state index is 12.6. The minimum Gasteiger partial charge on any atom is -0.368 e. The van der Waals surface area contributed by atoms with Crippen LogP contribution in [0.2, 0.25) is 0 Å². The second-order valence-electron chi connectivity index (χ2n) is 7.27. The van der Waals surface area contributed by atoms with Crippen molar-refractivity contribution in [2.24, 2.45) is 5.92 Å². The first-order chi connectivity index (χ1) is 12.1. The van der Waals surface area contributed by atoms with E-state index in [2.05, 4.69) is 15.0 Å². The van der Waals surface area contributed by atoms with Crippen LogP contribution in [0.5, 0.6) is 0 Å². The van der Waals surface area contributed by atoms with E-state index in [4.69, 9.17) is 0 Å². The lowest BCUT2D eigenvalue weighted by molar-refractivity contribution is -0.135. The lowest BCUT2D eigenvalue weighted by Crippen LogP contribution is -2.42. The molecule has 132 valence electrons. The van der Waals surface area contributed by atoms with Gasteiger partial charge in [-0.2, -0.15) is 5.10 Å². The van der Waals surface area contributed by atoms with Gasteiger partial charge in [0, 0.05) is 44.5 Å². The van der Waals surface area contributed by atoms with Gasteiger partial charge in [0.05, 0.1) is 23.8 Å². The van der Waals surface area contributed by atoms with Gasteiger partial charge in [-0.1, -0.05) is 0 Å². The summed E-state index contributed by atoms with van der Waals surface area (Å²) in [4.78, 5) is 21.2. The van der Waals surface area contributed by atoms with Crippen molar-refractivity contribution in [2.45, 2.75) is 38.6 Å². The van der Waals surface area contributed by atoms with Crippen LogP contribution in [0.25, 0.3) is 5.69 Å². The smallest absolute Gasteiger partial charge is 0.225 e. The third kappa shape index (κ3) is 3.25. The summed E-state index contributed by atoms with van der Waals surface area (Å²) in [6, 6.07) is 2.50. The van der Waals surface area contributed by atoms with Crippen molar-refractivity contribution < 1.29 is 4.79 Å². The third-order valence-electron chi connectivity index (χ3n) is 5.36. The molecule has 0 unspecified atom stereocenters. The van der Waals surface area contributed by atoms with Gasteiger partial charge in [-0.3, -0.25) is 9.78 Å². The number of anilines is 1. The molecule has 0 spiro atoms. The van der Waals surface area contributed by atoms with Crippen molar-refractivity contribution >= 4 is 11.6 Å². The zero-order chi connectivity index (χ0) is 17.4. The number of amides is 1. The Morgan fingerprint density at radius 3 is 2.56 bits per heavy atom. The van der Waals surface area contributed by atoms with Crippen molar-refractivity contribution in [3.05, 3.63) is 36.4 Å². The van der Waals surface area contributed by atoms with Gasteiger partial charge in [-0.05, 0) is 44.2 Å². The Morgan fingerprint density at radius 1 is 1.16 bits per heavy atom. The Hall–Kier alpha value is -2.37. The molecule has 3 heterocycles. The van der Waals surface area contributed by atoms with Gasteiger partial charge in [0.15, 0.2) is 0 Å². The van der Waals surface area contributed by atoms with Crippen LogP contribution in [0.3, 0.4) is 0 Å². The number of carbonyl (C=O) groups excluding carboxylic acids is 1. The highest BCUT2D eigenvalue weighted by Gasteiger charge is 2.34. The van der Waals surface area contributed by atoms with Crippen molar-refractivity contribution in [1.82, 2.24) is 19.7 Å². The average molecular weight is 339 g/mol. The Labute approximate surface area is 148 Å². The predicted octanol–water partition coefficient (Wildman–Crippen LogP) is 2.41. The molecule has 0 radical (unpaired) electrons. The summed E-state index contributed by atoms with van der Waals surface area (Å²) in [5.41, 5.74) is 3.27. The number of hydrogen-bond donors (Lipinski definition) is 0. The van der Waals surface area contributed by atoms with Crippen LogP contribution >= 0.6 is 0 Å². The van der Waals surface area contributed by atoms with Gasteiger partial charge >= 0.3 is 0 Å². The Morgan fingerprint density at radius 2 is 1.92 bits per heavy atom. The zero-order valence-electron chi connectivity index (χ0n) is 14.9. The van der Waals surface area contributed by atoms with Crippen LogP contribution in [0, 0.1) is 12.8 Å². The van der Waals surface area contributed by atoms with Crippen LogP contribution in [-0.4, -0.2) is 51.8 Å². The maximum absolute atomic E-state index is 12.6. The van der Waals surface area contributed by atoms with Crippen LogP contribution < -0.4 is 4.90 Å². The van der Waals surface area contributed by atoms with E-state index in [0.29, 0.717) is 11.9 Å². The second kappa shape index (κ2) is 6.50. The highest BCUT2D eigenvalue weighted by Crippen LogP contribution is 2.31. The van der Waals surface area contributed by atoms with Crippen molar-refractivity contribution in [1.29, 1.82) is 0 Å². The van der Waals surface area contributed by atoms with Crippen molar-refractivity contribution in [3.8, 4) is 5.69 Å². The first-order valence-corrected chi connectivity index (χ1v) is 9.11. The van der Waals surface area contributed by atoms with E-state index in [-0.39, 0.29) is 5.92 Å². The molecule has 0 aromatic carbocycles. The number of rotatable bonds is 4. The number of hydrogen-bond acceptors (Lipinski definition) is 4. The average Bonchev–Trinajstić information content (AvgIpc) is 3.41. The quantitative estimate of drug-likeness (QED) is 0.858. The van der Waals surface area contributed by atoms with Gasteiger partial charge < -0.3 is 9.80 Å². The van der Waals surface area contributed by atoms with Crippen LogP contribution in [0.1, 0.15) is 31.2 Å². The number of aryl methyl sites for hydroxylation is 1. The molecule has 1 aliphatic heterocycles. The summed E-state index contributed by atoms with van der Waals surface area (Å²) in [6.45, 7) is 3.81. The number of aromatic nitrogens is 3. The first-order valence-electron chi connectivity index (χ1n) is 9.11. The van der Waals surface area contributed by atoms with E-state index >= 15 is 0 Å². The molecule has 2 aromatic heterocycles. The summed E-state index contributed by atoms with van der Waals surface area (Å²) in [6.07, 6.45) is 11.8. The van der Waals surface area contributed by atoms with Crippen LogP contribution in [0.15, 0.2) is 30.9 Å². The molecule has 2 aromatic rings. The number of carbonyl (C=O) groups is 1. The number of nitrogens with zero attached hydrogens (tertiary/aromatic N) is 5. The molecule has 4 rings (SSSR count). The van der Waals surface area contributed by atoms with Gasteiger partial charge in [-0.25, -0.2) is 4.68 Å². The Bertz CT molecular complexity index is 759. The zero-order valence-corrected chi connectivity index (χ0v) is 14.9. The highest BCUT2D eigenvalue weighted by molar-refractivity contribution is 5.79. The minimum atomic E-state index is 0.161. The maximum Gasteiger partial charge on any atom is 0.225 e. The Kier molecular flexibility index (Phi) is 4.19. The number of pyridine rings is 1. The molecular weight excluding hydrogens is 314 g/mol. The monoisotopic (exact) mass is 339 g/mol. The van der Waals surface area contributed by atoms with E-state index in [1.807, 2.05) is 48.2 Å². The number of piperidine rings is 1. The third-order valence-corrected chi connectivity index (χ3v) is 5.36. The largest absolute Gasteiger partial charge is 0.368 e. The van der Waals surface area contributed by atoms with Gasteiger partial charge in [0.25, 0.3) is 0 Å². The van der Waals surface area contributed by atoms with Crippen molar-refractivity contribution in [2.75, 3.05) is 25.0 Å². The minimum absolute atomic E-state index is 0.161. The molecule has 2 fully saturated rings. The molecule has 1 saturated heterocycles. The van der Waals surface area contributed by atoms with Crippen LogP contribution in [0.4, 0.5) is 5.69 Å². The molecule has 1 saturated carbocycles. The molecule has 6 heteroatoms. The fraction of sp³-hybridized carbons (Fsp3) is 0.526. The van der Waals surface area contributed by atoms with E-state index in [9.17, 15) is 4.79 Å². The summed E-state index contributed by atoms with van der Waals surface area (Å²) >= 11 is 0. The lowest BCUT2D eigenvalue weighted by Gasteiger charge is -2.35.